The zero-order valence-corrected chi connectivity index (χ0v) is 12.0. The third-order valence-corrected chi connectivity index (χ3v) is 3.80. The van der Waals surface area contributed by atoms with Gasteiger partial charge in [-0.3, -0.25) is 4.79 Å². The summed E-state index contributed by atoms with van der Waals surface area (Å²) in [7, 11) is 1.31. The molecule has 0 radical (unpaired) electrons. The number of esters is 1. The first-order chi connectivity index (χ1) is 10.3. The molecule has 7 heteroatoms. The second-order valence-corrected chi connectivity index (χ2v) is 5.45. The van der Waals surface area contributed by atoms with Crippen LogP contribution >= 0.6 is 0 Å². The monoisotopic (exact) mass is 319 g/mol. The smallest absolute Gasteiger partial charge is 0.416 e. The molecule has 0 aliphatic carbocycles. The second-order valence-electron chi connectivity index (χ2n) is 5.45. The van der Waals surface area contributed by atoms with Gasteiger partial charge in [0.25, 0.3) is 0 Å². The van der Waals surface area contributed by atoms with E-state index in [0.717, 1.165) is 12.1 Å². The number of piperidine rings is 1. The highest BCUT2D eigenvalue weighted by Crippen LogP contribution is 2.31. The van der Waals surface area contributed by atoms with Gasteiger partial charge in [0.2, 0.25) is 0 Å². The molecular formula is C15H17F4NO2. The molecule has 1 saturated heterocycles. The van der Waals surface area contributed by atoms with Crippen molar-refractivity contribution in [2.75, 3.05) is 13.7 Å². The Labute approximate surface area is 125 Å². The van der Waals surface area contributed by atoms with Crippen molar-refractivity contribution in [3.63, 3.8) is 0 Å². The summed E-state index contributed by atoms with van der Waals surface area (Å²) >= 11 is 0. The topological polar surface area (TPSA) is 38.3 Å². The normalized spacial score (nSPS) is 22.4. The lowest BCUT2D eigenvalue weighted by molar-refractivity contribution is -0.146. The highest BCUT2D eigenvalue weighted by Gasteiger charge is 2.32. The molecule has 22 heavy (non-hydrogen) atoms. The Kier molecular flexibility index (Phi) is 5.05. The molecule has 1 aromatic rings. The van der Waals surface area contributed by atoms with Gasteiger partial charge in [0, 0.05) is 6.04 Å². The van der Waals surface area contributed by atoms with E-state index in [2.05, 4.69) is 5.32 Å². The number of methoxy groups -OCH3 is 1. The summed E-state index contributed by atoms with van der Waals surface area (Å²) < 4.78 is 56.2. The van der Waals surface area contributed by atoms with Crippen LogP contribution in [-0.2, 0) is 22.1 Å². The largest absolute Gasteiger partial charge is 0.469 e. The quantitative estimate of drug-likeness (QED) is 0.688. The summed E-state index contributed by atoms with van der Waals surface area (Å²) in [6, 6.07) is 2.35. The molecule has 1 aromatic carbocycles. The van der Waals surface area contributed by atoms with Crippen LogP contribution in [0.15, 0.2) is 18.2 Å². The van der Waals surface area contributed by atoms with Crippen LogP contribution in [0.25, 0.3) is 0 Å². The summed E-state index contributed by atoms with van der Waals surface area (Å²) in [5, 5.41) is 3.14. The van der Waals surface area contributed by atoms with Crippen molar-refractivity contribution in [3.05, 3.63) is 35.1 Å². The van der Waals surface area contributed by atoms with E-state index in [4.69, 9.17) is 4.74 Å². The molecule has 0 spiro atoms. The van der Waals surface area contributed by atoms with Gasteiger partial charge in [0.15, 0.2) is 0 Å². The molecule has 0 aromatic heterocycles. The highest BCUT2D eigenvalue weighted by molar-refractivity contribution is 5.72. The lowest BCUT2D eigenvalue weighted by Gasteiger charge is -2.29. The predicted octanol–water partition coefficient (Wildman–Crippen LogP) is 2.93. The molecule has 1 aliphatic rings. The Bertz CT molecular complexity index is 545. The minimum Gasteiger partial charge on any atom is -0.469 e. The number of alkyl halides is 3. The number of hydrogen-bond acceptors (Lipinski definition) is 3. The third kappa shape index (κ3) is 4.19. The molecule has 0 saturated carbocycles. The van der Waals surface area contributed by atoms with Crippen molar-refractivity contribution in [1.29, 1.82) is 0 Å². The zero-order valence-electron chi connectivity index (χ0n) is 12.0. The standard InChI is InChI=1S/C15H17F4NO2/c1-22-14(21)10-2-3-20-13(7-10)6-9-4-11(15(17,18)19)8-12(16)5-9/h4-5,8,10,13,20H,2-3,6-7H2,1H3. The van der Waals surface area contributed by atoms with E-state index in [1.165, 1.54) is 7.11 Å². The van der Waals surface area contributed by atoms with Crippen molar-refractivity contribution >= 4 is 5.97 Å². The van der Waals surface area contributed by atoms with E-state index < -0.39 is 17.6 Å². The molecule has 1 aliphatic heterocycles. The van der Waals surface area contributed by atoms with Gasteiger partial charge in [0.1, 0.15) is 5.82 Å². The fourth-order valence-electron chi connectivity index (χ4n) is 2.76. The Morgan fingerprint density at radius 2 is 2.09 bits per heavy atom. The van der Waals surface area contributed by atoms with Crippen LogP contribution in [0.2, 0.25) is 0 Å². The molecule has 2 rings (SSSR count). The summed E-state index contributed by atoms with van der Waals surface area (Å²) in [6.07, 6.45) is -3.26. The summed E-state index contributed by atoms with van der Waals surface area (Å²) in [5.41, 5.74) is -0.738. The summed E-state index contributed by atoms with van der Waals surface area (Å²) in [6.45, 7) is 0.575. The Morgan fingerprint density at radius 1 is 1.36 bits per heavy atom. The number of carbonyl (C=O) groups excluding carboxylic acids is 1. The first-order valence-electron chi connectivity index (χ1n) is 6.97. The third-order valence-electron chi connectivity index (χ3n) is 3.80. The lowest BCUT2D eigenvalue weighted by Crippen LogP contribution is -2.42. The maximum atomic E-state index is 13.4. The molecule has 1 N–H and O–H groups in total. The minimum atomic E-state index is -4.58. The highest BCUT2D eigenvalue weighted by atomic mass is 19.4. The number of benzene rings is 1. The SMILES string of the molecule is COC(=O)C1CCNC(Cc2cc(F)cc(C(F)(F)F)c2)C1. The van der Waals surface area contributed by atoms with Gasteiger partial charge in [-0.05, 0) is 49.6 Å². The van der Waals surface area contributed by atoms with Gasteiger partial charge >= 0.3 is 12.1 Å². The van der Waals surface area contributed by atoms with Crippen molar-refractivity contribution in [2.24, 2.45) is 5.92 Å². The van der Waals surface area contributed by atoms with E-state index in [-0.39, 0.29) is 29.9 Å². The van der Waals surface area contributed by atoms with E-state index in [1.807, 2.05) is 0 Å². The van der Waals surface area contributed by atoms with Crippen molar-refractivity contribution < 1.29 is 27.1 Å². The van der Waals surface area contributed by atoms with Crippen LogP contribution in [-0.4, -0.2) is 25.7 Å². The number of rotatable bonds is 3. The second kappa shape index (κ2) is 6.64. The maximum Gasteiger partial charge on any atom is 0.416 e. The van der Waals surface area contributed by atoms with E-state index in [9.17, 15) is 22.4 Å². The van der Waals surface area contributed by atoms with Gasteiger partial charge in [-0.15, -0.1) is 0 Å². The molecule has 1 heterocycles. The van der Waals surface area contributed by atoms with Gasteiger partial charge in [-0.25, -0.2) is 4.39 Å². The maximum absolute atomic E-state index is 13.4. The number of nitrogens with one attached hydrogen (secondary N) is 1. The molecule has 0 bridgehead atoms. The van der Waals surface area contributed by atoms with Crippen LogP contribution in [0.5, 0.6) is 0 Å². The summed E-state index contributed by atoms with van der Waals surface area (Å²) in [4.78, 5) is 11.5. The van der Waals surface area contributed by atoms with E-state index in [0.29, 0.717) is 25.5 Å². The van der Waals surface area contributed by atoms with Crippen molar-refractivity contribution in [2.45, 2.75) is 31.5 Å². The average Bonchev–Trinajstić information content (AvgIpc) is 2.45. The summed E-state index contributed by atoms with van der Waals surface area (Å²) in [5.74, 6) is -1.50. The Hall–Kier alpha value is -1.63. The fraction of sp³-hybridized carbons (Fsp3) is 0.533. The Balaban J connectivity index is 2.10. The zero-order chi connectivity index (χ0) is 16.3. The van der Waals surface area contributed by atoms with Crippen molar-refractivity contribution in [1.82, 2.24) is 5.32 Å². The number of ether oxygens (including phenoxy) is 1. The van der Waals surface area contributed by atoms with Gasteiger partial charge in [-0.1, -0.05) is 0 Å². The van der Waals surface area contributed by atoms with Crippen LogP contribution < -0.4 is 5.32 Å². The number of halogens is 4. The molecule has 2 atom stereocenters. The predicted molar refractivity (Wildman–Crippen MR) is 71.6 cm³/mol. The van der Waals surface area contributed by atoms with Crippen LogP contribution in [0.4, 0.5) is 17.6 Å². The van der Waals surface area contributed by atoms with Gasteiger partial charge < -0.3 is 10.1 Å². The molecular weight excluding hydrogens is 302 g/mol. The first kappa shape index (κ1) is 16.7. The molecule has 0 amide bonds. The Morgan fingerprint density at radius 3 is 2.73 bits per heavy atom. The number of carbonyl (C=O) groups is 1. The van der Waals surface area contributed by atoms with E-state index >= 15 is 0 Å². The molecule has 1 fully saturated rings. The van der Waals surface area contributed by atoms with Crippen LogP contribution in [0.1, 0.15) is 24.0 Å². The molecule has 122 valence electrons. The van der Waals surface area contributed by atoms with Gasteiger partial charge in [-0.2, -0.15) is 13.2 Å². The minimum absolute atomic E-state index is 0.180. The molecule has 3 nitrogen and oxygen atoms in total. The van der Waals surface area contributed by atoms with Crippen LogP contribution in [0.3, 0.4) is 0 Å². The van der Waals surface area contributed by atoms with E-state index in [1.54, 1.807) is 0 Å². The fourth-order valence-corrected chi connectivity index (χ4v) is 2.76. The van der Waals surface area contributed by atoms with Gasteiger partial charge in [0.05, 0.1) is 18.6 Å². The lowest BCUT2D eigenvalue weighted by atomic mass is 9.89. The first-order valence-corrected chi connectivity index (χ1v) is 6.97. The van der Waals surface area contributed by atoms with Crippen molar-refractivity contribution in [3.8, 4) is 0 Å². The van der Waals surface area contributed by atoms with Crippen LogP contribution in [0, 0.1) is 11.7 Å². The number of hydrogen-bond donors (Lipinski definition) is 1. The average molecular weight is 319 g/mol. The molecule has 2 unspecified atom stereocenters.